The maximum atomic E-state index is 12.3. The first-order chi connectivity index (χ1) is 11.1. The van der Waals surface area contributed by atoms with E-state index >= 15 is 0 Å². The van der Waals surface area contributed by atoms with Crippen molar-refractivity contribution in [3.8, 4) is 0 Å². The monoisotopic (exact) mass is 316 g/mol. The van der Waals surface area contributed by atoms with Crippen LogP contribution in [0.4, 0.5) is 4.79 Å². The van der Waals surface area contributed by atoms with Crippen molar-refractivity contribution >= 4 is 17.8 Å². The van der Waals surface area contributed by atoms with Crippen molar-refractivity contribution in [3.05, 3.63) is 30.1 Å². The minimum Gasteiger partial charge on any atom is -0.343 e. The van der Waals surface area contributed by atoms with Crippen LogP contribution in [0.2, 0.25) is 0 Å². The standard InChI is InChI=1S/C16H20N4O3/c21-14(9-13-15(22)19-16(23)18-13)20-6-3-11(4-7-20)8-12-2-1-5-17-10-12/h1-2,5,10-11,13H,3-4,6-9H2,(H2,18,19,22,23). The van der Waals surface area contributed by atoms with E-state index in [9.17, 15) is 14.4 Å². The fourth-order valence-corrected chi connectivity index (χ4v) is 3.15. The van der Waals surface area contributed by atoms with Gasteiger partial charge in [-0.2, -0.15) is 0 Å². The molecule has 0 aromatic carbocycles. The average Bonchev–Trinajstić information content (AvgIpc) is 2.86. The first-order valence-electron chi connectivity index (χ1n) is 7.90. The summed E-state index contributed by atoms with van der Waals surface area (Å²) < 4.78 is 0. The van der Waals surface area contributed by atoms with Crippen LogP contribution in [0.1, 0.15) is 24.8 Å². The van der Waals surface area contributed by atoms with Crippen molar-refractivity contribution in [1.29, 1.82) is 0 Å². The van der Waals surface area contributed by atoms with Gasteiger partial charge in [0.15, 0.2) is 0 Å². The number of hydrogen-bond acceptors (Lipinski definition) is 4. The van der Waals surface area contributed by atoms with E-state index in [4.69, 9.17) is 0 Å². The van der Waals surface area contributed by atoms with Crippen molar-refractivity contribution in [1.82, 2.24) is 20.5 Å². The number of likely N-dealkylation sites (tertiary alicyclic amines) is 1. The van der Waals surface area contributed by atoms with Gasteiger partial charge in [0, 0.05) is 25.5 Å². The number of amides is 4. The molecule has 0 spiro atoms. The SMILES string of the molecule is O=C1NC(=O)C(CC(=O)N2CCC(Cc3cccnc3)CC2)N1. The van der Waals surface area contributed by atoms with E-state index in [2.05, 4.69) is 21.7 Å². The minimum absolute atomic E-state index is 0.0326. The van der Waals surface area contributed by atoms with Crippen LogP contribution < -0.4 is 10.6 Å². The molecule has 3 heterocycles. The molecule has 1 aromatic heterocycles. The molecule has 2 saturated heterocycles. The lowest BCUT2D eigenvalue weighted by Crippen LogP contribution is -2.42. The van der Waals surface area contributed by atoms with Gasteiger partial charge in [-0.25, -0.2) is 4.79 Å². The van der Waals surface area contributed by atoms with Gasteiger partial charge in [-0.3, -0.25) is 19.9 Å². The van der Waals surface area contributed by atoms with Crippen LogP contribution in [0.5, 0.6) is 0 Å². The summed E-state index contributed by atoms with van der Waals surface area (Å²) >= 11 is 0. The van der Waals surface area contributed by atoms with Gasteiger partial charge < -0.3 is 10.2 Å². The third kappa shape index (κ3) is 3.85. The topological polar surface area (TPSA) is 91.4 Å². The zero-order chi connectivity index (χ0) is 16.2. The highest BCUT2D eigenvalue weighted by Crippen LogP contribution is 2.22. The molecular weight excluding hydrogens is 296 g/mol. The molecule has 2 aliphatic heterocycles. The lowest BCUT2D eigenvalue weighted by Gasteiger charge is -2.32. The Morgan fingerprint density at radius 1 is 1.30 bits per heavy atom. The number of nitrogens with zero attached hydrogens (tertiary/aromatic N) is 2. The second kappa shape index (κ2) is 6.76. The second-order valence-electron chi connectivity index (χ2n) is 6.11. The van der Waals surface area contributed by atoms with E-state index in [1.165, 1.54) is 5.56 Å². The number of imide groups is 1. The number of piperidine rings is 1. The van der Waals surface area contributed by atoms with E-state index in [0.29, 0.717) is 19.0 Å². The summed E-state index contributed by atoms with van der Waals surface area (Å²) in [6, 6.07) is 2.76. The third-order valence-electron chi connectivity index (χ3n) is 4.45. The van der Waals surface area contributed by atoms with Crippen LogP contribution in [-0.4, -0.2) is 46.9 Å². The second-order valence-corrected chi connectivity index (χ2v) is 6.11. The van der Waals surface area contributed by atoms with Gasteiger partial charge in [0.25, 0.3) is 5.91 Å². The van der Waals surface area contributed by atoms with E-state index in [1.807, 2.05) is 12.3 Å². The number of nitrogens with one attached hydrogen (secondary N) is 2. The molecule has 7 heteroatoms. The third-order valence-corrected chi connectivity index (χ3v) is 4.45. The fourth-order valence-electron chi connectivity index (χ4n) is 3.15. The molecule has 4 amide bonds. The minimum atomic E-state index is -0.733. The zero-order valence-corrected chi connectivity index (χ0v) is 12.8. The quantitative estimate of drug-likeness (QED) is 0.790. The maximum absolute atomic E-state index is 12.3. The van der Waals surface area contributed by atoms with Gasteiger partial charge in [0.05, 0.1) is 6.42 Å². The van der Waals surface area contributed by atoms with Gasteiger partial charge in [-0.1, -0.05) is 6.07 Å². The van der Waals surface area contributed by atoms with Crippen LogP contribution in [0.25, 0.3) is 0 Å². The van der Waals surface area contributed by atoms with Gasteiger partial charge in [-0.05, 0) is 36.8 Å². The highest BCUT2D eigenvalue weighted by molar-refractivity contribution is 6.05. The number of carbonyl (C=O) groups is 3. The van der Waals surface area contributed by atoms with Crippen LogP contribution in [0.15, 0.2) is 24.5 Å². The largest absolute Gasteiger partial charge is 0.343 e. The molecule has 0 bridgehead atoms. The van der Waals surface area contributed by atoms with Crippen molar-refractivity contribution in [2.45, 2.75) is 31.7 Å². The number of aromatic nitrogens is 1. The molecule has 1 aromatic rings. The van der Waals surface area contributed by atoms with Gasteiger partial charge in [0.2, 0.25) is 5.91 Å². The Morgan fingerprint density at radius 3 is 2.70 bits per heavy atom. The van der Waals surface area contributed by atoms with E-state index in [1.54, 1.807) is 11.1 Å². The van der Waals surface area contributed by atoms with E-state index in [0.717, 1.165) is 19.3 Å². The van der Waals surface area contributed by atoms with Crippen molar-refractivity contribution < 1.29 is 14.4 Å². The molecule has 2 N–H and O–H groups in total. The number of pyridine rings is 1. The van der Waals surface area contributed by atoms with Gasteiger partial charge >= 0.3 is 6.03 Å². The van der Waals surface area contributed by atoms with Crippen molar-refractivity contribution in [2.75, 3.05) is 13.1 Å². The Labute approximate surface area is 134 Å². The normalized spacial score (nSPS) is 21.9. The molecule has 0 saturated carbocycles. The van der Waals surface area contributed by atoms with Crippen LogP contribution in [0.3, 0.4) is 0 Å². The molecule has 1 unspecified atom stereocenters. The number of carbonyl (C=O) groups excluding carboxylic acids is 3. The summed E-state index contributed by atoms with van der Waals surface area (Å²) in [4.78, 5) is 40.7. The predicted molar refractivity (Wildman–Crippen MR) is 82.3 cm³/mol. The maximum Gasteiger partial charge on any atom is 0.322 e. The van der Waals surface area contributed by atoms with Crippen molar-refractivity contribution in [3.63, 3.8) is 0 Å². The Balaban J connectivity index is 1.46. The fraction of sp³-hybridized carbons (Fsp3) is 0.500. The van der Waals surface area contributed by atoms with Gasteiger partial charge in [0.1, 0.15) is 6.04 Å². The summed E-state index contributed by atoms with van der Waals surface area (Å²) in [6.45, 7) is 1.40. The Kier molecular flexibility index (Phi) is 4.55. The lowest BCUT2D eigenvalue weighted by molar-refractivity contribution is -0.135. The molecule has 122 valence electrons. The average molecular weight is 316 g/mol. The lowest BCUT2D eigenvalue weighted by atomic mass is 9.90. The highest BCUT2D eigenvalue weighted by Gasteiger charge is 2.33. The zero-order valence-electron chi connectivity index (χ0n) is 12.8. The van der Waals surface area contributed by atoms with Gasteiger partial charge in [-0.15, -0.1) is 0 Å². The number of hydrogen-bond donors (Lipinski definition) is 2. The molecule has 7 nitrogen and oxygen atoms in total. The molecule has 2 aliphatic rings. The van der Waals surface area contributed by atoms with Crippen molar-refractivity contribution in [2.24, 2.45) is 5.92 Å². The summed E-state index contributed by atoms with van der Waals surface area (Å²) in [6.07, 6.45) is 6.57. The summed E-state index contributed by atoms with van der Waals surface area (Å²) in [5, 5.41) is 4.60. The number of urea groups is 1. The van der Waals surface area contributed by atoms with Crippen LogP contribution in [0, 0.1) is 5.92 Å². The summed E-state index contributed by atoms with van der Waals surface area (Å²) in [5.74, 6) is 0.0553. The van der Waals surface area contributed by atoms with Crippen LogP contribution in [-0.2, 0) is 16.0 Å². The smallest absolute Gasteiger partial charge is 0.322 e. The Bertz CT molecular complexity index is 597. The molecule has 0 radical (unpaired) electrons. The first kappa shape index (κ1) is 15.5. The summed E-state index contributed by atoms with van der Waals surface area (Å²) in [5.41, 5.74) is 1.22. The molecule has 1 atom stereocenters. The first-order valence-corrected chi connectivity index (χ1v) is 7.90. The Morgan fingerprint density at radius 2 is 2.09 bits per heavy atom. The van der Waals surface area contributed by atoms with E-state index < -0.39 is 18.0 Å². The molecular formula is C16H20N4O3. The number of rotatable bonds is 4. The highest BCUT2D eigenvalue weighted by atomic mass is 16.2. The van der Waals surface area contributed by atoms with Crippen LogP contribution >= 0.6 is 0 Å². The van der Waals surface area contributed by atoms with E-state index in [-0.39, 0.29) is 12.3 Å². The predicted octanol–water partition coefficient (Wildman–Crippen LogP) is 0.461. The summed E-state index contributed by atoms with van der Waals surface area (Å²) in [7, 11) is 0. The molecule has 23 heavy (non-hydrogen) atoms. The molecule has 2 fully saturated rings. The Hall–Kier alpha value is -2.44. The molecule has 3 rings (SSSR count). The molecule has 0 aliphatic carbocycles.